The third-order valence-electron chi connectivity index (χ3n) is 6.02. The molecular weight excluding hydrogens is 454 g/mol. The first kappa shape index (κ1) is 23.0. The number of furan rings is 1. The van der Waals surface area contributed by atoms with Gasteiger partial charge in [-0.1, -0.05) is 18.2 Å². The maximum Gasteiger partial charge on any atom is 0.272 e. The van der Waals surface area contributed by atoms with Gasteiger partial charge < -0.3 is 24.4 Å². The number of fused-ring (bicyclic) bond motifs is 3. The molecule has 2 N–H and O–H groups in total. The molecule has 180 valence electrons. The molecule has 0 fully saturated rings. The van der Waals surface area contributed by atoms with Crippen LogP contribution in [0.1, 0.15) is 23.0 Å². The molecule has 0 unspecified atom stereocenters. The van der Waals surface area contributed by atoms with Gasteiger partial charge in [0.2, 0.25) is 0 Å². The van der Waals surface area contributed by atoms with Crippen LogP contribution >= 0.6 is 0 Å². The number of ether oxygens (including phenoxy) is 1. The molecule has 0 bridgehead atoms. The Morgan fingerprint density at radius 1 is 0.944 bits per heavy atom. The van der Waals surface area contributed by atoms with Gasteiger partial charge in [0.05, 0.1) is 13.4 Å². The van der Waals surface area contributed by atoms with Gasteiger partial charge in [-0.05, 0) is 67.6 Å². The standard InChI is InChI=1S/C29H25N3O4/c1-3-32-26-9-5-4-8-23(26)24-17-20(12-15-27(24)32)30-29(34)25(18-22-7-6-16-36-22)31-28(33)19-10-13-21(35-2)14-11-19/h4-18H,3H2,1-2H3,(H,30,34)(H,31,33)/b25-18-. The van der Waals surface area contributed by atoms with Crippen LogP contribution < -0.4 is 15.4 Å². The summed E-state index contributed by atoms with van der Waals surface area (Å²) in [5.74, 6) is 0.186. The summed E-state index contributed by atoms with van der Waals surface area (Å²) in [4.78, 5) is 26.2. The van der Waals surface area contributed by atoms with Crippen LogP contribution in [0.25, 0.3) is 27.9 Å². The van der Waals surface area contributed by atoms with E-state index in [0.29, 0.717) is 22.8 Å². The van der Waals surface area contributed by atoms with Crippen LogP contribution in [0.15, 0.2) is 95.2 Å². The Morgan fingerprint density at radius 3 is 2.44 bits per heavy atom. The van der Waals surface area contributed by atoms with Crippen molar-refractivity contribution in [1.82, 2.24) is 9.88 Å². The number of nitrogens with one attached hydrogen (secondary N) is 2. The molecule has 7 nitrogen and oxygen atoms in total. The molecule has 36 heavy (non-hydrogen) atoms. The molecule has 0 saturated heterocycles. The van der Waals surface area contributed by atoms with Crippen molar-refractivity contribution in [2.24, 2.45) is 0 Å². The molecule has 0 aliphatic carbocycles. The number of hydrogen-bond acceptors (Lipinski definition) is 4. The molecule has 0 atom stereocenters. The monoisotopic (exact) mass is 479 g/mol. The van der Waals surface area contributed by atoms with Gasteiger partial charge in [-0.15, -0.1) is 0 Å². The van der Waals surface area contributed by atoms with E-state index < -0.39 is 11.8 Å². The summed E-state index contributed by atoms with van der Waals surface area (Å²) < 4.78 is 12.8. The summed E-state index contributed by atoms with van der Waals surface area (Å²) >= 11 is 0. The average Bonchev–Trinajstić information content (AvgIpc) is 3.53. The topological polar surface area (TPSA) is 85.5 Å². The summed E-state index contributed by atoms with van der Waals surface area (Å²) in [6, 6.07) is 24.1. The molecule has 0 radical (unpaired) electrons. The largest absolute Gasteiger partial charge is 0.497 e. The molecule has 5 rings (SSSR count). The van der Waals surface area contributed by atoms with E-state index in [9.17, 15) is 9.59 Å². The number of para-hydroxylation sites is 1. The third kappa shape index (κ3) is 4.46. The van der Waals surface area contributed by atoms with Crippen LogP contribution in [0.2, 0.25) is 0 Å². The van der Waals surface area contributed by atoms with Crippen molar-refractivity contribution in [3.63, 3.8) is 0 Å². The number of methoxy groups -OCH3 is 1. The van der Waals surface area contributed by atoms with E-state index in [0.717, 1.165) is 28.4 Å². The molecule has 0 aliphatic heterocycles. The van der Waals surface area contributed by atoms with E-state index in [1.807, 2.05) is 30.3 Å². The molecule has 5 aromatic rings. The van der Waals surface area contributed by atoms with Gasteiger partial charge >= 0.3 is 0 Å². The van der Waals surface area contributed by atoms with Gasteiger partial charge in [0.15, 0.2) is 0 Å². The number of rotatable bonds is 7. The van der Waals surface area contributed by atoms with Crippen LogP contribution in [0.5, 0.6) is 5.75 Å². The number of aromatic nitrogens is 1. The molecule has 0 saturated carbocycles. The lowest BCUT2D eigenvalue weighted by atomic mass is 10.1. The Labute approximate surface area is 208 Å². The van der Waals surface area contributed by atoms with E-state index in [-0.39, 0.29) is 5.70 Å². The minimum Gasteiger partial charge on any atom is -0.497 e. The normalized spacial score (nSPS) is 11.6. The summed E-state index contributed by atoms with van der Waals surface area (Å²) in [5.41, 5.74) is 3.31. The van der Waals surface area contributed by atoms with Crippen molar-refractivity contribution in [3.05, 3.63) is 102 Å². The Hall–Kier alpha value is -4.78. The first-order valence-electron chi connectivity index (χ1n) is 11.6. The van der Waals surface area contributed by atoms with Crippen molar-refractivity contribution < 1.29 is 18.7 Å². The SMILES string of the molecule is CCn1c2ccccc2c2cc(NC(=O)/C(=C/c3ccco3)NC(=O)c3ccc(OC)cc3)ccc21. The lowest BCUT2D eigenvalue weighted by Gasteiger charge is -2.12. The van der Waals surface area contributed by atoms with Crippen LogP contribution in [0, 0.1) is 0 Å². The van der Waals surface area contributed by atoms with Gasteiger partial charge in [0, 0.05) is 45.7 Å². The van der Waals surface area contributed by atoms with Crippen LogP contribution in [0.4, 0.5) is 5.69 Å². The van der Waals surface area contributed by atoms with Crippen molar-refractivity contribution in [2.75, 3.05) is 12.4 Å². The molecule has 0 aliphatic rings. The van der Waals surface area contributed by atoms with Crippen molar-refractivity contribution >= 4 is 45.4 Å². The van der Waals surface area contributed by atoms with Gasteiger partial charge in [-0.2, -0.15) is 0 Å². The maximum absolute atomic E-state index is 13.3. The van der Waals surface area contributed by atoms with Crippen molar-refractivity contribution in [2.45, 2.75) is 13.5 Å². The summed E-state index contributed by atoms with van der Waals surface area (Å²) in [7, 11) is 1.56. The van der Waals surface area contributed by atoms with E-state index in [4.69, 9.17) is 9.15 Å². The molecular formula is C29H25N3O4. The average molecular weight is 480 g/mol. The lowest BCUT2D eigenvalue weighted by molar-refractivity contribution is -0.113. The number of hydrogen-bond donors (Lipinski definition) is 2. The van der Waals surface area contributed by atoms with Crippen LogP contribution in [-0.4, -0.2) is 23.5 Å². The number of carbonyl (C=O) groups excluding carboxylic acids is 2. The fourth-order valence-electron chi connectivity index (χ4n) is 4.28. The number of nitrogens with zero attached hydrogens (tertiary/aromatic N) is 1. The second-order valence-corrected chi connectivity index (χ2v) is 8.20. The second kappa shape index (κ2) is 9.84. The highest BCUT2D eigenvalue weighted by molar-refractivity contribution is 6.13. The smallest absolute Gasteiger partial charge is 0.272 e. The molecule has 0 spiro atoms. The molecule has 7 heteroatoms. The van der Waals surface area contributed by atoms with E-state index in [1.165, 1.54) is 12.3 Å². The van der Waals surface area contributed by atoms with Crippen molar-refractivity contribution in [3.8, 4) is 5.75 Å². The zero-order valence-electron chi connectivity index (χ0n) is 19.9. The molecule has 2 heterocycles. The fraction of sp³-hybridized carbons (Fsp3) is 0.103. The minimum atomic E-state index is -0.466. The Bertz CT molecular complexity index is 1580. The first-order chi connectivity index (χ1) is 17.6. The fourth-order valence-corrected chi connectivity index (χ4v) is 4.28. The third-order valence-corrected chi connectivity index (χ3v) is 6.02. The predicted octanol–water partition coefficient (Wildman–Crippen LogP) is 5.83. The summed E-state index contributed by atoms with van der Waals surface area (Å²) in [5, 5.41) is 7.80. The van der Waals surface area contributed by atoms with Gasteiger partial charge in [0.1, 0.15) is 17.2 Å². The maximum atomic E-state index is 13.3. The van der Waals surface area contributed by atoms with Crippen molar-refractivity contribution in [1.29, 1.82) is 0 Å². The highest BCUT2D eigenvalue weighted by Crippen LogP contribution is 2.31. The number of amides is 2. The summed E-state index contributed by atoms with van der Waals surface area (Å²) in [6.07, 6.45) is 3.00. The highest BCUT2D eigenvalue weighted by atomic mass is 16.5. The Balaban J connectivity index is 1.45. The number of aryl methyl sites for hydroxylation is 1. The lowest BCUT2D eigenvalue weighted by Crippen LogP contribution is -2.30. The van der Waals surface area contributed by atoms with Gasteiger partial charge in [0.25, 0.3) is 11.8 Å². The zero-order valence-corrected chi connectivity index (χ0v) is 19.9. The quantitative estimate of drug-likeness (QED) is 0.288. The molecule has 3 aromatic carbocycles. The predicted molar refractivity (Wildman–Crippen MR) is 141 cm³/mol. The van der Waals surface area contributed by atoms with Gasteiger partial charge in [-0.3, -0.25) is 9.59 Å². The van der Waals surface area contributed by atoms with E-state index >= 15 is 0 Å². The first-order valence-corrected chi connectivity index (χ1v) is 11.6. The van der Waals surface area contributed by atoms with E-state index in [1.54, 1.807) is 43.5 Å². The minimum absolute atomic E-state index is 0.0573. The number of carbonyl (C=O) groups is 2. The molecule has 2 aromatic heterocycles. The van der Waals surface area contributed by atoms with Crippen LogP contribution in [0.3, 0.4) is 0 Å². The number of anilines is 1. The molecule has 2 amide bonds. The van der Waals surface area contributed by atoms with Crippen LogP contribution in [-0.2, 0) is 11.3 Å². The van der Waals surface area contributed by atoms with Gasteiger partial charge in [-0.25, -0.2) is 0 Å². The second-order valence-electron chi connectivity index (χ2n) is 8.20. The Morgan fingerprint density at radius 2 is 1.72 bits per heavy atom. The zero-order chi connectivity index (χ0) is 25.1. The number of benzene rings is 3. The Kier molecular flexibility index (Phi) is 6.28. The highest BCUT2D eigenvalue weighted by Gasteiger charge is 2.17. The van der Waals surface area contributed by atoms with E-state index in [2.05, 4.69) is 34.3 Å². The summed E-state index contributed by atoms with van der Waals surface area (Å²) in [6.45, 7) is 2.95.